The van der Waals surface area contributed by atoms with Crippen molar-refractivity contribution in [2.45, 2.75) is 18.9 Å². The summed E-state index contributed by atoms with van der Waals surface area (Å²) in [6, 6.07) is 4.23. The summed E-state index contributed by atoms with van der Waals surface area (Å²) < 4.78 is 15.6. The first-order valence-electron chi connectivity index (χ1n) is 7.63. The monoisotopic (exact) mass is 318 g/mol. The molecule has 6 heteroatoms. The van der Waals surface area contributed by atoms with Crippen LogP contribution >= 0.6 is 0 Å². The predicted molar refractivity (Wildman–Crippen MR) is 85.4 cm³/mol. The van der Waals surface area contributed by atoms with Crippen LogP contribution < -0.4 is 15.2 Å². The molecule has 1 aromatic rings. The molecule has 23 heavy (non-hydrogen) atoms. The van der Waals surface area contributed by atoms with Gasteiger partial charge in [-0.3, -0.25) is 4.90 Å². The van der Waals surface area contributed by atoms with Crippen molar-refractivity contribution in [1.82, 2.24) is 4.90 Å². The highest BCUT2D eigenvalue weighted by molar-refractivity contribution is 5.89. The van der Waals surface area contributed by atoms with Gasteiger partial charge in [-0.1, -0.05) is 0 Å². The van der Waals surface area contributed by atoms with Gasteiger partial charge in [0, 0.05) is 31.2 Å². The fraction of sp³-hybridized carbons (Fsp3) is 0.471. The average Bonchev–Trinajstić information content (AvgIpc) is 2.59. The molecule has 2 heterocycles. The molecule has 0 unspecified atom stereocenters. The largest absolute Gasteiger partial charge is 0.493 e. The van der Waals surface area contributed by atoms with Crippen LogP contribution in [0, 0.1) is 0 Å². The molecule has 0 fully saturated rings. The Bertz CT molecular complexity index is 669. The van der Waals surface area contributed by atoms with Crippen LogP contribution in [0.1, 0.15) is 23.6 Å². The van der Waals surface area contributed by atoms with Gasteiger partial charge in [-0.05, 0) is 29.7 Å². The van der Waals surface area contributed by atoms with Gasteiger partial charge in [-0.25, -0.2) is 4.79 Å². The van der Waals surface area contributed by atoms with E-state index in [9.17, 15) is 4.79 Å². The molecule has 124 valence electrons. The van der Waals surface area contributed by atoms with E-state index < -0.39 is 0 Å². The van der Waals surface area contributed by atoms with Crippen LogP contribution in [0.5, 0.6) is 11.5 Å². The van der Waals surface area contributed by atoms with Gasteiger partial charge in [0.05, 0.1) is 26.9 Å². The molecule has 3 rings (SSSR count). The summed E-state index contributed by atoms with van der Waals surface area (Å²) in [7, 11) is 4.66. The number of hydrogen-bond acceptors (Lipinski definition) is 6. The number of ether oxygens (including phenoxy) is 3. The fourth-order valence-corrected chi connectivity index (χ4v) is 3.46. The zero-order valence-corrected chi connectivity index (χ0v) is 13.7. The maximum atomic E-state index is 11.9. The molecule has 0 bridgehead atoms. The van der Waals surface area contributed by atoms with Crippen molar-refractivity contribution in [1.29, 1.82) is 0 Å². The third-order valence-electron chi connectivity index (χ3n) is 4.71. The van der Waals surface area contributed by atoms with E-state index in [0.717, 1.165) is 24.5 Å². The molecule has 0 aromatic heterocycles. The number of hydrogen-bond donors (Lipinski definition) is 1. The van der Waals surface area contributed by atoms with E-state index in [4.69, 9.17) is 19.9 Å². The highest BCUT2D eigenvalue weighted by Gasteiger charge is 2.35. The van der Waals surface area contributed by atoms with E-state index in [1.165, 1.54) is 18.2 Å². The van der Waals surface area contributed by atoms with Gasteiger partial charge < -0.3 is 19.9 Å². The van der Waals surface area contributed by atoms with Gasteiger partial charge in [-0.15, -0.1) is 0 Å². The van der Waals surface area contributed by atoms with Crippen molar-refractivity contribution < 1.29 is 19.0 Å². The second kappa shape index (κ2) is 6.12. The number of esters is 1. The zero-order chi connectivity index (χ0) is 16.6. The van der Waals surface area contributed by atoms with Gasteiger partial charge in [0.25, 0.3) is 0 Å². The van der Waals surface area contributed by atoms with Gasteiger partial charge in [0.2, 0.25) is 0 Å². The Morgan fingerprint density at radius 1 is 1.22 bits per heavy atom. The summed E-state index contributed by atoms with van der Waals surface area (Å²) >= 11 is 0. The minimum atomic E-state index is -0.334. The molecule has 0 amide bonds. The number of nitrogens with zero attached hydrogens (tertiary/aromatic N) is 1. The Labute approximate surface area is 135 Å². The SMILES string of the molecule is COC(=O)C1=C(N)C[C@H]2c3cc(OC)c(OC)cc3CCN2C1. The second-order valence-electron chi connectivity index (χ2n) is 5.84. The van der Waals surface area contributed by atoms with Crippen molar-refractivity contribution in [2.24, 2.45) is 5.73 Å². The Kier molecular flexibility index (Phi) is 4.17. The molecule has 0 saturated heterocycles. The van der Waals surface area contributed by atoms with Crippen LogP contribution in [-0.2, 0) is 16.0 Å². The van der Waals surface area contributed by atoms with Crippen LogP contribution in [0.15, 0.2) is 23.4 Å². The highest BCUT2D eigenvalue weighted by atomic mass is 16.5. The molecule has 1 atom stereocenters. The molecule has 6 nitrogen and oxygen atoms in total. The lowest BCUT2D eigenvalue weighted by Crippen LogP contribution is -2.42. The number of nitrogens with two attached hydrogens (primary N) is 1. The van der Waals surface area contributed by atoms with Crippen molar-refractivity contribution >= 4 is 5.97 Å². The fourth-order valence-electron chi connectivity index (χ4n) is 3.46. The third kappa shape index (κ3) is 2.63. The Morgan fingerprint density at radius 2 is 1.91 bits per heavy atom. The standard InChI is InChI=1S/C17H22N2O4/c1-21-15-6-10-4-5-19-9-12(17(20)23-3)13(18)8-14(19)11(10)7-16(15)22-2/h6-7,14H,4-5,8-9,18H2,1-3H3/t14-/m0/s1. The molecule has 0 aliphatic carbocycles. The summed E-state index contributed by atoms with van der Waals surface area (Å²) in [6.45, 7) is 1.40. The molecule has 2 aliphatic heterocycles. The quantitative estimate of drug-likeness (QED) is 0.849. The summed E-state index contributed by atoms with van der Waals surface area (Å²) in [5, 5.41) is 0. The van der Waals surface area contributed by atoms with Crippen molar-refractivity contribution in [2.75, 3.05) is 34.4 Å². The van der Waals surface area contributed by atoms with Gasteiger partial charge in [-0.2, -0.15) is 0 Å². The first kappa shape index (κ1) is 15.7. The number of carbonyl (C=O) groups is 1. The first-order chi connectivity index (χ1) is 11.1. The first-order valence-corrected chi connectivity index (χ1v) is 7.63. The Hall–Kier alpha value is -2.21. The number of fused-ring (bicyclic) bond motifs is 3. The van der Waals surface area contributed by atoms with Crippen LogP contribution in [0.2, 0.25) is 0 Å². The third-order valence-corrected chi connectivity index (χ3v) is 4.71. The number of rotatable bonds is 3. The van der Waals surface area contributed by atoms with Crippen molar-refractivity contribution in [3.05, 3.63) is 34.5 Å². The summed E-state index contributed by atoms with van der Waals surface area (Å²) in [4.78, 5) is 14.1. The zero-order valence-electron chi connectivity index (χ0n) is 13.7. The lowest BCUT2D eigenvalue weighted by atomic mass is 9.86. The summed E-state index contributed by atoms with van der Waals surface area (Å²) in [5.41, 5.74) is 9.77. The number of carbonyl (C=O) groups excluding carboxylic acids is 1. The molecular weight excluding hydrogens is 296 g/mol. The molecule has 0 radical (unpaired) electrons. The highest BCUT2D eigenvalue weighted by Crippen LogP contribution is 2.42. The van der Waals surface area contributed by atoms with E-state index in [2.05, 4.69) is 4.90 Å². The maximum absolute atomic E-state index is 11.9. The number of methoxy groups -OCH3 is 3. The van der Waals surface area contributed by atoms with E-state index in [1.54, 1.807) is 14.2 Å². The predicted octanol–water partition coefficient (Wildman–Crippen LogP) is 1.39. The molecule has 1 aromatic carbocycles. The second-order valence-corrected chi connectivity index (χ2v) is 5.84. The summed E-state index contributed by atoms with van der Waals surface area (Å²) in [6.07, 6.45) is 1.52. The molecule has 2 N–H and O–H groups in total. The lowest BCUT2D eigenvalue weighted by Gasteiger charge is -2.41. The van der Waals surface area contributed by atoms with Crippen LogP contribution in [0.4, 0.5) is 0 Å². The van der Waals surface area contributed by atoms with E-state index in [0.29, 0.717) is 24.2 Å². The van der Waals surface area contributed by atoms with Crippen LogP contribution in [0.25, 0.3) is 0 Å². The topological polar surface area (TPSA) is 74.0 Å². The number of benzene rings is 1. The smallest absolute Gasteiger partial charge is 0.336 e. The minimum absolute atomic E-state index is 0.159. The lowest BCUT2D eigenvalue weighted by molar-refractivity contribution is -0.136. The Balaban J connectivity index is 1.99. The van der Waals surface area contributed by atoms with Gasteiger partial charge in [0.1, 0.15) is 0 Å². The van der Waals surface area contributed by atoms with E-state index in [-0.39, 0.29) is 12.0 Å². The molecule has 0 saturated carbocycles. The van der Waals surface area contributed by atoms with Gasteiger partial charge >= 0.3 is 5.97 Å². The minimum Gasteiger partial charge on any atom is -0.493 e. The average molecular weight is 318 g/mol. The van der Waals surface area contributed by atoms with E-state index >= 15 is 0 Å². The Morgan fingerprint density at radius 3 is 2.57 bits per heavy atom. The van der Waals surface area contributed by atoms with Crippen LogP contribution in [0.3, 0.4) is 0 Å². The van der Waals surface area contributed by atoms with Crippen molar-refractivity contribution in [3.8, 4) is 11.5 Å². The molecule has 2 aliphatic rings. The normalized spacial score (nSPS) is 20.6. The van der Waals surface area contributed by atoms with Crippen molar-refractivity contribution in [3.63, 3.8) is 0 Å². The van der Waals surface area contributed by atoms with Gasteiger partial charge in [0.15, 0.2) is 11.5 Å². The molecular formula is C17H22N2O4. The van der Waals surface area contributed by atoms with Crippen LogP contribution in [-0.4, -0.2) is 45.3 Å². The summed E-state index contributed by atoms with van der Waals surface area (Å²) in [5.74, 6) is 1.13. The van der Waals surface area contributed by atoms with E-state index in [1.807, 2.05) is 12.1 Å². The molecule has 0 spiro atoms. The maximum Gasteiger partial charge on any atom is 0.336 e.